The number of carbonyl (C=O) groups excluding carboxylic acids is 1. The molecule has 3 heterocycles. The Morgan fingerprint density at radius 1 is 1.36 bits per heavy atom. The van der Waals surface area contributed by atoms with Gasteiger partial charge < -0.3 is 14.7 Å². The third-order valence-electron chi connectivity index (χ3n) is 4.99. The van der Waals surface area contributed by atoms with Gasteiger partial charge in [-0.3, -0.25) is 5.32 Å². The van der Waals surface area contributed by atoms with Crippen LogP contribution in [0.15, 0.2) is 18.3 Å². The van der Waals surface area contributed by atoms with Gasteiger partial charge in [-0.25, -0.2) is 23.2 Å². The summed E-state index contributed by atoms with van der Waals surface area (Å²) >= 11 is 6.07. The summed E-state index contributed by atoms with van der Waals surface area (Å²) < 4.78 is 32.7. The van der Waals surface area contributed by atoms with Gasteiger partial charge >= 0.3 is 6.09 Å². The number of aliphatic hydroxyl groups is 1. The number of tetrazole rings is 1. The summed E-state index contributed by atoms with van der Waals surface area (Å²) in [5.41, 5.74) is -0.0702. The van der Waals surface area contributed by atoms with Crippen molar-refractivity contribution in [3.63, 3.8) is 0 Å². The van der Waals surface area contributed by atoms with Crippen LogP contribution in [0.5, 0.6) is 0 Å². The highest BCUT2D eigenvalue weighted by atomic mass is 35.5. The van der Waals surface area contributed by atoms with Gasteiger partial charge in [0.25, 0.3) is 6.43 Å². The van der Waals surface area contributed by atoms with Gasteiger partial charge in [0.1, 0.15) is 17.3 Å². The van der Waals surface area contributed by atoms with E-state index in [-0.39, 0.29) is 30.1 Å². The molecule has 182 valence electrons. The lowest BCUT2D eigenvalue weighted by Gasteiger charge is -2.30. The third kappa shape index (κ3) is 7.27. The fraction of sp³-hybridized carbons (Fsp3) is 0.650. The lowest BCUT2D eigenvalue weighted by Crippen LogP contribution is -2.46. The predicted octanol–water partition coefficient (Wildman–Crippen LogP) is 2.43. The summed E-state index contributed by atoms with van der Waals surface area (Å²) in [4.78, 5) is 18.1. The highest BCUT2D eigenvalue weighted by molar-refractivity contribution is 6.29. The maximum absolute atomic E-state index is 13.1. The first-order valence-corrected chi connectivity index (χ1v) is 11.0. The van der Waals surface area contributed by atoms with Gasteiger partial charge in [-0.1, -0.05) is 11.6 Å². The fourth-order valence-corrected chi connectivity index (χ4v) is 3.80. The number of halogens is 3. The number of β-amino-alcohol motifs (C(OH)–C–C–N with tert-alkyl or cyclic N) is 1. The number of hydrogen-bond donors (Lipinski definition) is 2. The number of nitrogens with zero attached hydrogens (tertiary/aromatic N) is 6. The number of ether oxygens (including phenoxy) is 1. The normalized spacial score (nSPS) is 20.5. The van der Waals surface area contributed by atoms with E-state index in [1.807, 2.05) is 0 Å². The molecule has 0 aliphatic carbocycles. The summed E-state index contributed by atoms with van der Waals surface area (Å²) in [5, 5.41) is 25.1. The second-order valence-electron chi connectivity index (χ2n) is 8.94. The Kier molecular flexibility index (Phi) is 8.14. The van der Waals surface area contributed by atoms with E-state index in [2.05, 4.69) is 25.8 Å². The van der Waals surface area contributed by atoms with Gasteiger partial charge in [0.15, 0.2) is 5.82 Å². The minimum Gasteiger partial charge on any atom is -0.444 e. The molecule has 13 heteroatoms. The highest BCUT2D eigenvalue weighted by Gasteiger charge is 2.32. The Morgan fingerprint density at radius 2 is 2.12 bits per heavy atom. The molecule has 2 aromatic heterocycles. The quantitative estimate of drug-likeness (QED) is 0.596. The van der Waals surface area contributed by atoms with Crippen molar-refractivity contribution in [1.82, 2.24) is 35.4 Å². The van der Waals surface area contributed by atoms with Gasteiger partial charge in [-0.2, -0.15) is 0 Å². The largest absolute Gasteiger partial charge is 0.444 e. The van der Waals surface area contributed by atoms with Crippen LogP contribution >= 0.6 is 11.6 Å². The average Bonchev–Trinajstić information content (AvgIpc) is 3.05. The third-order valence-corrected chi connectivity index (χ3v) is 5.19. The molecule has 0 saturated carbocycles. The van der Waals surface area contributed by atoms with Gasteiger partial charge in [0, 0.05) is 25.3 Å². The first kappa shape index (κ1) is 25.2. The van der Waals surface area contributed by atoms with Crippen LogP contribution in [-0.2, 0) is 11.3 Å². The number of alkyl halides is 2. The van der Waals surface area contributed by atoms with Gasteiger partial charge in [-0.15, -0.1) is 5.10 Å². The van der Waals surface area contributed by atoms with Crippen molar-refractivity contribution in [3.8, 4) is 0 Å². The maximum Gasteiger partial charge on any atom is 0.410 e. The van der Waals surface area contributed by atoms with E-state index < -0.39 is 36.8 Å². The van der Waals surface area contributed by atoms with E-state index in [0.717, 1.165) is 4.68 Å². The SMILES string of the molecule is CC(C)(C)OC(=O)N1C[C@@H](O)CC[C@@H](NC(c2ccnc(Cl)c2)c2nnnn2CC(F)F)C1. The zero-order valence-corrected chi connectivity index (χ0v) is 19.4. The van der Waals surface area contributed by atoms with Crippen LogP contribution in [0.1, 0.15) is 51.0 Å². The minimum atomic E-state index is -2.65. The molecule has 1 fully saturated rings. The summed E-state index contributed by atoms with van der Waals surface area (Å²) in [6, 6.07) is 2.25. The van der Waals surface area contributed by atoms with Crippen LogP contribution in [-0.4, -0.2) is 78.6 Å². The lowest BCUT2D eigenvalue weighted by atomic mass is 10.0. The van der Waals surface area contributed by atoms with Gasteiger partial charge in [0.2, 0.25) is 0 Å². The molecule has 10 nitrogen and oxygen atoms in total. The van der Waals surface area contributed by atoms with E-state index in [1.54, 1.807) is 32.9 Å². The standard InChI is InChI=1S/C20H28ClF2N7O3/c1-20(2,3)33-19(32)29-9-13(4-5-14(31)10-29)25-17(12-6-7-24-15(21)8-12)18-26-27-28-30(18)11-16(22)23/h6-8,13-14,16-17,25,31H,4-5,9-11H2,1-3H3/t13-,14+,17?/m1/s1. The van der Waals surface area contributed by atoms with Crippen LogP contribution in [0.4, 0.5) is 13.6 Å². The molecule has 1 saturated heterocycles. The molecule has 1 aliphatic heterocycles. The van der Waals surface area contributed by atoms with Crippen molar-refractivity contribution in [1.29, 1.82) is 0 Å². The molecule has 3 rings (SSSR count). The number of amides is 1. The molecule has 1 amide bonds. The number of aromatic nitrogens is 5. The average molecular weight is 488 g/mol. The Balaban J connectivity index is 1.88. The second kappa shape index (κ2) is 10.7. The van der Waals surface area contributed by atoms with E-state index >= 15 is 0 Å². The molecule has 33 heavy (non-hydrogen) atoms. The number of nitrogens with one attached hydrogen (secondary N) is 1. The minimum absolute atomic E-state index is 0.127. The van der Waals surface area contributed by atoms with Crippen molar-refractivity contribution >= 4 is 17.7 Å². The van der Waals surface area contributed by atoms with Gasteiger partial charge in [0.05, 0.1) is 12.1 Å². The molecule has 0 spiro atoms. The smallest absolute Gasteiger partial charge is 0.410 e. The Bertz CT molecular complexity index is 940. The number of pyridine rings is 1. The van der Waals surface area contributed by atoms with Crippen LogP contribution < -0.4 is 5.32 Å². The molecule has 2 N–H and O–H groups in total. The van der Waals surface area contributed by atoms with Crippen LogP contribution in [0.2, 0.25) is 5.15 Å². The maximum atomic E-state index is 13.1. The molecule has 0 radical (unpaired) electrons. The lowest BCUT2D eigenvalue weighted by molar-refractivity contribution is 0.0162. The number of likely N-dealkylation sites (tertiary alicyclic amines) is 1. The summed E-state index contributed by atoms with van der Waals surface area (Å²) in [5.74, 6) is 0.172. The Hall–Kier alpha value is -2.44. The second-order valence-corrected chi connectivity index (χ2v) is 9.32. The predicted molar refractivity (Wildman–Crippen MR) is 115 cm³/mol. The monoisotopic (exact) mass is 487 g/mol. The molecule has 1 aliphatic rings. The Labute approximate surface area is 195 Å². The molecule has 2 aromatic rings. The zero-order valence-electron chi connectivity index (χ0n) is 18.7. The molecule has 0 aromatic carbocycles. The van der Waals surface area contributed by atoms with E-state index in [4.69, 9.17) is 16.3 Å². The molecule has 0 bridgehead atoms. The Morgan fingerprint density at radius 3 is 2.79 bits per heavy atom. The first-order valence-electron chi connectivity index (χ1n) is 10.6. The number of aliphatic hydroxyl groups excluding tert-OH is 1. The number of rotatable bonds is 6. The fourth-order valence-electron chi connectivity index (χ4n) is 3.61. The molecular formula is C20H28ClF2N7O3. The van der Waals surface area contributed by atoms with E-state index in [1.165, 1.54) is 11.1 Å². The number of hydrogen-bond acceptors (Lipinski definition) is 8. The molecule has 3 atom stereocenters. The summed E-state index contributed by atoms with van der Waals surface area (Å²) in [7, 11) is 0. The topological polar surface area (TPSA) is 118 Å². The van der Waals surface area contributed by atoms with Crippen molar-refractivity contribution in [3.05, 3.63) is 34.9 Å². The highest BCUT2D eigenvalue weighted by Crippen LogP contribution is 2.25. The molecule has 1 unspecified atom stereocenters. The number of carbonyl (C=O) groups is 1. The summed E-state index contributed by atoms with van der Waals surface area (Å²) in [6.07, 6.45) is -1.46. The van der Waals surface area contributed by atoms with E-state index in [0.29, 0.717) is 18.4 Å². The van der Waals surface area contributed by atoms with Crippen molar-refractivity contribution in [2.75, 3.05) is 13.1 Å². The van der Waals surface area contributed by atoms with Crippen LogP contribution in [0.3, 0.4) is 0 Å². The van der Waals surface area contributed by atoms with Crippen molar-refractivity contribution in [2.24, 2.45) is 0 Å². The zero-order chi connectivity index (χ0) is 24.2. The van der Waals surface area contributed by atoms with Crippen molar-refractivity contribution in [2.45, 2.75) is 70.4 Å². The first-order chi connectivity index (χ1) is 15.5. The van der Waals surface area contributed by atoms with Crippen LogP contribution in [0, 0.1) is 0 Å². The summed E-state index contributed by atoms with van der Waals surface area (Å²) in [6.45, 7) is 4.98. The van der Waals surface area contributed by atoms with Crippen molar-refractivity contribution < 1.29 is 23.4 Å². The van der Waals surface area contributed by atoms with E-state index in [9.17, 15) is 18.7 Å². The van der Waals surface area contributed by atoms with Gasteiger partial charge in [-0.05, 0) is 61.7 Å². The molecular weight excluding hydrogens is 460 g/mol. The van der Waals surface area contributed by atoms with Crippen LogP contribution in [0.25, 0.3) is 0 Å².